The third kappa shape index (κ3) is 3.15. The van der Waals surface area contributed by atoms with E-state index >= 15 is 0 Å². The summed E-state index contributed by atoms with van der Waals surface area (Å²) in [5.74, 6) is 2.77. The number of nitrogens with zero attached hydrogens (tertiary/aromatic N) is 1. The number of nitrogens with one attached hydrogen (secondary N) is 2. The van der Waals surface area contributed by atoms with Crippen molar-refractivity contribution >= 4 is 24.2 Å². The molecule has 2 saturated heterocycles. The van der Waals surface area contributed by atoms with Gasteiger partial charge >= 0.3 is 0 Å². The van der Waals surface area contributed by atoms with Crippen LogP contribution in [0, 0.1) is 17.8 Å². The molecule has 6 fully saturated rings. The van der Waals surface area contributed by atoms with Crippen LogP contribution in [0.2, 0.25) is 0 Å². The molecule has 2 heterocycles. The number of carbonyl (C=O) groups is 2. The van der Waals surface area contributed by atoms with Crippen LogP contribution in [0.3, 0.4) is 0 Å². The van der Waals surface area contributed by atoms with E-state index < -0.39 is 0 Å². The lowest BCUT2D eigenvalue weighted by Gasteiger charge is -2.57. The molecule has 4 aliphatic carbocycles. The quantitative estimate of drug-likeness (QED) is 0.788. The molecule has 26 heavy (non-hydrogen) atoms. The van der Waals surface area contributed by atoms with Crippen molar-refractivity contribution < 1.29 is 9.59 Å². The number of hydrogen-bond donors (Lipinski definition) is 2. The Morgan fingerprint density at radius 2 is 1.62 bits per heavy atom. The molecule has 146 valence electrons. The van der Waals surface area contributed by atoms with Gasteiger partial charge in [-0.1, -0.05) is 0 Å². The maximum absolute atomic E-state index is 13.1. The van der Waals surface area contributed by atoms with E-state index in [4.69, 9.17) is 0 Å². The molecule has 0 spiro atoms. The minimum absolute atomic E-state index is 0. The normalized spacial score (nSPS) is 43.4. The van der Waals surface area contributed by atoms with Crippen molar-refractivity contribution in [3.8, 4) is 0 Å². The second-order valence-corrected chi connectivity index (χ2v) is 9.53. The van der Waals surface area contributed by atoms with Crippen LogP contribution in [0.4, 0.5) is 0 Å². The molecular formula is C20H32ClN3O2. The van der Waals surface area contributed by atoms with Crippen LogP contribution in [-0.4, -0.2) is 47.4 Å². The highest BCUT2D eigenvalue weighted by atomic mass is 35.5. The first kappa shape index (κ1) is 18.5. The lowest BCUT2D eigenvalue weighted by molar-refractivity contribution is -0.142. The maximum atomic E-state index is 13.1. The van der Waals surface area contributed by atoms with Crippen LogP contribution >= 0.6 is 12.4 Å². The highest BCUT2D eigenvalue weighted by Gasteiger charge is 2.52. The Kier molecular flexibility index (Phi) is 4.98. The molecule has 0 aromatic carbocycles. The Balaban J connectivity index is 0.00000168. The van der Waals surface area contributed by atoms with E-state index in [9.17, 15) is 9.59 Å². The van der Waals surface area contributed by atoms with Crippen LogP contribution in [0.1, 0.15) is 64.2 Å². The number of amides is 2. The van der Waals surface area contributed by atoms with Crippen molar-refractivity contribution in [3.63, 3.8) is 0 Å². The first-order valence-corrected chi connectivity index (χ1v) is 10.5. The van der Waals surface area contributed by atoms with E-state index in [1.165, 1.54) is 38.5 Å². The van der Waals surface area contributed by atoms with Gasteiger partial charge in [-0.2, -0.15) is 0 Å². The first-order valence-electron chi connectivity index (χ1n) is 10.5. The van der Waals surface area contributed by atoms with Crippen molar-refractivity contribution in [1.82, 2.24) is 15.5 Å². The smallest absolute Gasteiger partial charge is 0.243 e. The van der Waals surface area contributed by atoms with Gasteiger partial charge in [-0.05, 0) is 88.5 Å². The highest BCUT2D eigenvalue weighted by Crippen LogP contribution is 2.55. The predicted molar refractivity (Wildman–Crippen MR) is 102 cm³/mol. The molecule has 0 aromatic rings. The largest absolute Gasteiger partial charge is 0.349 e. The lowest BCUT2D eigenvalue weighted by atomic mass is 9.53. The van der Waals surface area contributed by atoms with Crippen molar-refractivity contribution in [2.75, 3.05) is 13.1 Å². The number of carbonyl (C=O) groups excluding carboxylic acids is 2. The van der Waals surface area contributed by atoms with Crippen molar-refractivity contribution in [3.05, 3.63) is 0 Å². The van der Waals surface area contributed by atoms with Crippen molar-refractivity contribution in [2.45, 2.75) is 81.8 Å². The van der Waals surface area contributed by atoms with E-state index in [0.717, 1.165) is 56.5 Å². The number of rotatable bonds is 3. The minimum atomic E-state index is -0.233. The van der Waals surface area contributed by atoms with Crippen molar-refractivity contribution in [1.29, 1.82) is 0 Å². The van der Waals surface area contributed by atoms with E-state index in [0.29, 0.717) is 0 Å². The third-order valence-corrected chi connectivity index (χ3v) is 7.62. The van der Waals surface area contributed by atoms with Crippen LogP contribution in [0.25, 0.3) is 0 Å². The van der Waals surface area contributed by atoms with Crippen LogP contribution in [-0.2, 0) is 9.59 Å². The number of likely N-dealkylation sites (tertiary alicyclic amines) is 1. The fourth-order valence-corrected chi connectivity index (χ4v) is 7.01. The molecule has 6 aliphatic rings. The van der Waals surface area contributed by atoms with Crippen LogP contribution < -0.4 is 10.6 Å². The second kappa shape index (κ2) is 6.97. The fourth-order valence-electron chi connectivity index (χ4n) is 7.01. The van der Waals surface area contributed by atoms with Gasteiger partial charge in [0.2, 0.25) is 11.8 Å². The SMILES string of the molecule is Cl.O=C(NC12CC3CC(CC(C3)C1)C2)C1CCCN1C(=O)C1CCCN1. The molecule has 6 rings (SSSR count). The summed E-state index contributed by atoms with van der Waals surface area (Å²) in [7, 11) is 0. The summed E-state index contributed by atoms with van der Waals surface area (Å²) in [6.45, 7) is 1.67. The van der Waals surface area contributed by atoms with Gasteiger partial charge in [0.05, 0.1) is 6.04 Å². The monoisotopic (exact) mass is 381 g/mol. The standard InChI is InChI=1S/C20H31N3O2.ClH/c24-18(17-4-2-6-23(17)19(25)16-3-1-5-21-16)22-20-10-13-7-14(11-20)9-15(8-13)12-20;/h13-17,21H,1-12H2,(H,22,24);1H. The van der Waals surface area contributed by atoms with Gasteiger partial charge in [-0.25, -0.2) is 0 Å². The van der Waals surface area contributed by atoms with E-state index in [1.54, 1.807) is 0 Å². The van der Waals surface area contributed by atoms with Crippen LogP contribution in [0.5, 0.6) is 0 Å². The molecule has 2 N–H and O–H groups in total. The Labute approximate surface area is 162 Å². The molecule has 5 nitrogen and oxygen atoms in total. The van der Waals surface area contributed by atoms with Gasteiger partial charge in [0.15, 0.2) is 0 Å². The zero-order chi connectivity index (χ0) is 17.0. The predicted octanol–water partition coefficient (Wildman–Crippen LogP) is 2.24. The van der Waals surface area contributed by atoms with E-state index in [1.807, 2.05) is 4.90 Å². The molecule has 2 aliphatic heterocycles. The second-order valence-electron chi connectivity index (χ2n) is 9.53. The molecule has 4 bridgehead atoms. The Morgan fingerprint density at radius 3 is 2.19 bits per heavy atom. The van der Waals surface area contributed by atoms with E-state index in [2.05, 4.69) is 10.6 Å². The third-order valence-electron chi connectivity index (χ3n) is 7.62. The molecule has 2 atom stereocenters. The molecule has 0 radical (unpaired) electrons. The van der Waals surface area contributed by atoms with E-state index in [-0.39, 0.29) is 41.8 Å². The van der Waals surface area contributed by atoms with Gasteiger partial charge in [0.1, 0.15) is 6.04 Å². The number of halogens is 1. The summed E-state index contributed by atoms with van der Waals surface area (Å²) in [6, 6.07) is -0.296. The van der Waals surface area contributed by atoms with Gasteiger partial charge in [0, 0.05) is 12.1 Å². The van der Waals surface area contributed by atoms with Crippen molar-refractivity contribution in [2.24, 2.45) is 17.8 Å². The van der Waals surface area contributed by atoms with Gasteiger partial charge in [0.25, 0.3) is 0 Å². The fraction of sp³-hybridized carbons (Fsp3) is 0.900. The van der Waals surface area contributed by atoms with Gasteiger partial charge < -0.3 is 15.5 Å². The average Bonchev–Trinajstić information content (AvgIpc) is 3.24. The maximum Gasteiger partial charge on any atom is 0.243 e. The summed E-state index contributed by atoms with van der Waals surface area (Å²) in [5, 5.41) is 6.79. The first-order chi connectivity index (χ1) is 12.1. The topological polar surface area (TPSA) is 61.4 Å². The van der Waals surface area contributed by atoms with Crippen LogP contribution in [0.15, 0.2) is 0 Å². The lowest BCUT2D eigenvalue weighted by Crippen LogP contribution is -2.62. The summed E-state index contributed by atoms with van der Waals surface area (Å²) >= 11 is 0. The molecule has 2 amide bonds. The van der Waals surface area contributed by atoms with Gasteiger partial charge in [-0.3, -0.25) is 9.59 Å². The molecule has 4 saturated carbocycles. The molecule has 0 aromatic heterocycles. The summed E-state index contributed by atoms with van der Waals surface area (Å²) in [5.41, 5.74) is 0.0503. The average molecular weight is 382 g/mol. The summed E-state index contributed by atoms with van der Waals surface area (Å²) in [4.78, 5) is 27.8. The molecule has 6 heteroatoms. The molecular weight excluding hydrogens is 350 g/mol. The Morgan fingerprint density at radius 1 is 0.962 bits per heavy atom. The summed E-state index contributed by atoms with van der Waals surface area (Å²) in [6.07, 6.45) is 11.4. The zero-order valence-electron chi connectivity index (χ0n) is 15.5. The Bertz CT molecular complexity index is 540. The zero-order valence-corrected chi connectivity index (χ0v) is 16.4. The summed E-state index contributed by atoms with van der Waals surface area (Å²) < 4.78 is 0. The minimum Gasteiger partial charge on any atom is -0.349 e. The number of hydrogen-bond acceptors (Lipinski definition) is 3. The van der Waals surface area contributed by atoms with Gasteiger partial charge in [-0.15, -0.1) is 12.4 Å². The molecule has 2 unspecified atom stereocenters. The highest BCUT2D eigenvalue weighted by molar-refractivity contribution is 5.90. The Hall–Kier alpha value is -0.810.